The highest BCUT2D eigenvalue weighted by Crippen LogP contribution is 2.30. The van der Waals surface area contributed by atoms with E-state index < -0.39 is 0 Å². The molecule has 27 heavy (non-hydrogen) atoms. The predicted molar refractivity (Wildman–Crippen MR) is 110 cm³/mol. The van der Waals surface area contributed by atoms with Crippen LogP contribution in [0, 0.1) is 22.7 Å². The van der Waals surface area contributed by atoms with Gasteiger partial charge in [-0.15, -0.1) is 11.3 Å². The summed E-state index contributed by atoms with van der Waals surface area (Å²) < 4.78 is 5.99. The lowest BCUT2D eigenvalue weighted by Crippen LogP contribution is -2.05. The summed E-state index contributed by atoms with van der Waals surface area (Å²) in [5.74, 6) is 1.19. The lowest BCUT2D eigenvalue weighted by atomic mass is 10.0. The minimum absolute atomic E-state index is 0.0589. The van der Waals surface area contributed by atoms with Crippen LogP contribution in [0.1, 0.15) is 10.4 Å². The van der Waals surface area contributed by atoms with Crippen LogP contribution in [0.25, 0.3) is 11.8 Å². The van der Waals surface area contributed by atoms with Gasteiger partial charge in [0.15, 0.2) is 0 Å². The van der Waals surface area contributed by atoms with Crippen molar-refractivity contribution < 1.29 is 4.74 Å². The molecule has 3 rings (SSSR count). The largest absolute Gasteiger partial charge is 0.457 e. The Labute approximate surface area is 162 Å². The van der Waals surface area contributed by atoms with Gasteiger partial charge in [-0.05, 0) is 36.4 Å². The van der Waals surface area contributed by atoms with Gasteiger partial charge < -0.3 is 9.64 Å². The Morgan fingerprint density at radius 1 is 1.00 bits per heavy atom. The summed E-state index contributed by atoms with van der Waals surface area (Å²) in [6.07, 6.45) is 7.26. The summed E-state index contributed by atoms with van der Waals surface area (Å²) in [6, 6.07) is 17.6. The Morgan fingerprint density at radius 3 is 2.37 bits per heavy atom. The first-order valence-corrected chi connectivity index (χ1v) is 9.08. The third-order valence-electron chi connectivity index (χ3n) is 3.85. The fourth-order valence-corrected chi connectivity index (χ4v) is 3.32. The van der Waals surface area contributed by atoms with Crippen LogP contribution in [0.4, 0.5) is 5.00 Å². The smallest absolute Gasteiger partial charge is 0.137 e. The van der Waals surface area contributed by atoms with E-state index in [1.165, 1.54) is 0 Å². The summed E-state index contributed by atoms with van der Waals surface area (Å²) in [4.78, 5) is 3.15. The molecule has 0 N–H and O–H groups in total. The predicted octanol–water partition coefficient (Wildman–Crippen LogP) is 5.13. The highest BCUT2D eigenvalue weighted by atomic mass is 32.1. The van der Waals surface area contributed by atoms with E-state index in [9.17, 15) is 10.5 Å². The Bertz CT molecular complexity index is 1030. The van der Waals surface area contributed by atoms with Crippen LogP contribution in [0.3, 0.4) is 0 Å². The van der Waals surface area contributed by atoms with Gasteiger partial charge in [-0.2, -0.15) is 10.5 Å². The molecule has 1 aromatic carbocycles. The molecule has 0 saturated heterocycles. The number of hydrogen-bond donors (Lipinski definition) is 0. The summed E-state index contributed by atoms with van der Waals surface area (Å²) in [5, 5.41) is 19.6. The first-order chi connectivity index (χ1) is 13.1. The van der Waals surface area contributed by atoms with E-state index in [1.54, 1.807) is 23.5 Å². The van der Waals surface area contributed by atoms with E-state index >= 15 is 0 Å². The molecular formula is C22H17N3OS. The van der Waals surface area contributed by atoms with Gasteiger partial charge in [-0.3, -0.25) is 0 Å². The Kier molecular flexibility index (Phi) is 5.56. The van der Waals surface area contributed by atoms with Crippen LogP contribution < -0.4 is 4.90 Å². The van der Waals surface area contributed by atoms with Crippen molar-refractivity contribution in [3.63, 3.8) is 0 Å². The molecule has 0 amide bonds. The second-order valence-electron chi connectivity index (χ2n) is 5.98. The quantitative estimate of drug-likeness (QED) is 0.699. The zero-order chi connectivity index (χ0) is 19.2. The third-order valence-corrected chi connectivity index (χ3v) is 5.07. The molecular weight excluding hydrogens is 354 g/mol. The SMILES string of the molecule is CN(C)c1ccc(C=CC2=CC(=C(C#N)C#N)C=C(c3ccccc3)O2)s1. The van der Waals surface area contributed by atoms with Gasteiger partial charge in [0.2, 0.25) is 0 Å². The second kappa shape index (κ2) is 8.23. The van der Waals surface area contributed by atoms with Crippen molar-refractivity contribution in [2.75, 3.05) is 19.0 Å². The maximum absolute atomic E-state index is 9.23. The Hall–Kier alpha value is -3.54. The zero-order valence-electron chi connectivity index (χ0n) is 15.0. The summed E-state index contributed by atoms with van der Waals surface area (Å²) in [7, 11) is 4.01. The fraction of sp³-hybridized carbons (Fsp3) is 0.0909. The first kappa shape index (κ1) is 18.3. The van der Waals surface area contributed by atoms with E-state index in [0.29, 0.717) is 17.1 Å². The van der Waals surface area contributed by atoms with Crippen LogP contribution in [0.15, 0.2) is 77.6 Å². The van der Waals surface area contributed by atoms with Crippen molar-refractivity contribution in [2.45, 2.75) is 0 Å². The molecule has 0 bridgehead atoms. The van der Waals surface area contributed by atoms with E-state index in [0.717, 1.165) is 15.4 Å². The van der Waals surface area contributed by atoms with Gasteiger partial charge in [0.25, 0.3) is 0 Å². The number of benzene rings is 1. The number of thiophene rings is 1. The van der Waals surface area contributed by atoms with Crippen molar-refractivity contribution in [1.82, 2.24) is 0 Å². The van der Waals surface area contributed by atoms with Crippen LogP contribution in [0.5, 0.6) is 0 Å². The van der Waals surface area contributed by atoms with Crippen molar-refractivity contribution in [2.24, 2.45) is 0 Å². The average molecular weight is 371 g/mol. The van der Waals surface area contributed by atoms with E-state index in [1.807, 2.05) is 74.8 Å². The van der Waals surface area contributed by atoms with E-state index in [-0.39, 0.29) is 5.57 Å². The monoisotopic (exact) mass is 371 g/mol. The molecule has 2 aromatic rings. The lowest BCUT2D eigenvalue weighted by Gasteiger charge is -2.16. The molecule has 1 aromatic heterocycles. The maximum Gasteiger partial charge on any atom is 0.137 e. The van der Waals surface area contributed by atoms with Gasteiger partial charge in [0.1, 0.15) is 29.2 Å². The van der Waals surface area contributed by atoms with Gasteiger partial charge >= 0.3 is 0 Å². The third kappa shape index (κ3) is 4.36. The molecule has 0 radical (unpaired) electrons. The number of allylic oxidation sites excluding steroid dienone is 5. The summed E-state index contributed by atoms with van der Waals surface area (Å²) in [6.45, 7) is 0. The fourth-order valence-electron chi connectivity index (χ4n) is 2.48. The number of rotatable bonds is 4. The maximum atomic E-state index is 9.23. The number of ether oxygens (including phenoxy) is 1. The molecule has 1 aliphatic heterocycles. The zero-order valence-corrected chi connectivity index (χ0v) is 15.8. The van der Waals surface area contributed by atoms with Crippen molar-refractivity contribution >= 4 is 28.2 Å². The summed E-state index contributed by atoms with van der Waals surface area (Å²) in [5.41, 5.74) is 1.49. The Balaban J connectivity index is 1.95. The van der Waals surface area contributed by atoms with Crippen molar-refractivity contribution in [3.8, 4) is 12.1 Å². The molecule has 0 saturated carbocycles. The number of anilines is 1. The van der Waals surface area contributed by atoms with Crippen LogP contribution in [-0.4, -0.2) is 14.1 Å². The average Bonchev–Trinajstić information content (AvgIpc) is 3.17. The molecule has 4 nitrogen and oxygen atoms in total. The van der Waals surface area contributed by atoms with Crippen molar-refractivity contribution in [3.05, 3.63) is 88.0 Å². The molecule has 2 heterocycles. The molecule has 5 heteroatoms. The lowest BCUT2D eigenvalue weighted by molar-refractivity contribution is 0.396. The highest BCUT2D eigenvalue weighted by molar-refractivity contribution is 7.16. The van der Waals surface area contributed by atoms with Crippen molar-refractivity contribution in [1.29, 1.82) is 10.5 Å². The standard InChI is InChI=1S/C22H17N3OS/c1-25(2)22-11-10-20(27-22)9-8-19-12-17(18(14-23)15-24)13-21(26-19)16-6-4-3-5-7-16/h3-13H,1-2H3. The molecule has 0 aliphatic carbocycles. The topological polar surface area (TPSA) is 60.0 Å². The van der Waals surface area contributed by atoms with Crippen LogP contribution in [-0.2, 0) is 4.74 Å². The van der Waals surface area contributed by atoms with Gasteiger partial charge in [-0.1, -0.05) is 30.3 Å². The molecule has 0 atom stereocenters. The normalized spacial score (nSPS) is 13.3. The Morgan fingerprint density at radius 2 is 1.74 bits per heavy atom. The van der Waals surface area contributed by atoms with Gasteiger partial charge in [0, 0.05) is 30.1 Å². The number of nitriles is 2. The van der Waals surface area contributed by atoms with E-state index in [4.69, 9.17) is 4.74 Å². The van der Waals surface area contributed by atoms with Crippen LogP contribution in [0.2, 0.25) is 0 Å². The van der Waals surface area contributed by atoms with Gasteiger partial charge in [0.05, 0.1) is 5.00 Å². The van der Waals surface area contributed by atoms with Gasteiger partial charge in [-0.25, -0.2) is 0 Å². The summed E-state index contributed by atoms with van der Waals surface area (Å²) >= 11 is 1.67. The highest BCUT2D eigenvalue weighted by Gasteiger charge is 2.14. The molecule has 0 unspecified atom stereocenters. The molecule has 1 aliphatic rings. The molecule has 0 spiro atoms. The van der Waals surface area contributed by atoms with E-state index in [2.05, 4.69) is 11.0 Å². The number of hydrogen-bond acceptors (Lipinski definition) is 5. The number of nitrogens with zero attached hydrogens (tertiary/aromatic N) is 3. The second-order valence-corrected chi connectivity index (χ2v) is 7.07. The minimum Gasteiger partial charge on any atom is -0.457 e. The van der Waals surface area contributed by atoms with Crippen LogP contribution >= 0.6 is 11.3 Å². The first-order valence-electron chi connectivity index (χ1n) is 8.27. The minimum atomic E-state index is 0.0589. The molecule has 132 valence electrons. The molecule has 0 fully saturated rings.